The number of nitrogens with one attached hydrogen (secondary N) is 1. The van der Waals surface area contributed by atoms with Crippen LogP contribution in [0.2, 0.25) is 0 Å². The Morgan fingerprint density at radius 1 is 1.24 bits per heavy atom. The molecule has 1 heterocycles. The Morgan fingerprint density at radius 3 is 2.67 bits per heavy atom. The lowest BCUT2D eigenvalue weighted by Crippen LogP contribution is -2.34. The fraction of sp³-hybridized carbons (Fsp3) is 0.765. The molecule has 2 fully saturated rings. The Labute approximate surface area is 127 Å². The summed E-state index contributed by atoms with van der Waals surface area (Å²) >= 11 is 0. The van der Waals surface area contributed by atoms with Crippen molar-refractivity contribution < 1.29 is 4.79 Å². The third-order valence-electron chi connectivity index (χ3n) is 5.17. The maximum Gasteiger partial charge on any atom is 0.223 e. The molecule has 2 aliphatic rings. The minimum atomic E-state index is 0.258. The first kappa shape index (κ1) is 14.6. The van der Waals surface area contributed by atoms with E-state index in [1.807, 2.05) is 6.20 Å². The average molecular weight is 289 g/mol. The first-order chi connectivity index (χ1) is 10.3. The van der Waals surface area contributed by atoms with Gasteiger partial charge in [0.2, 0.25) is 5.91 Å². The van der Waals surface area contributed by atoms with Gasteiger partial charge in [-0.25, -0.2) is 4.98 Å². The molecule has 2 aliphatic carbocycles. The number of aromatic nitrogens is 2. The molecule has 0 unspecified atom stereocenters. The molecule has 0 aliphatic heterocycles. The average Bonchev–Trinajstić information content (AvgIpc) is 2.80. The number of rotatable bonds is 5. The molecule has 0 spiro atoms. The highest BCUT2D eigenvalue weighted by Crippen LogP contribution is 2.35. The van der Waals surface area contributed by atoms with Crippen LogP contribution in [0.25, 0.3) is 0 Å². The van der Waals surface area contributed by atoms with Crippen molar-refractivity contribution in [2.24, 2.45) is 5.92 Å². The van der Waals surface area contributed by atoms with Crippen molar-refractivity contribution in [2.45, 2.75) is 70.8 Å². The molecule has 0 saturated heterocycles. The van der Waals surface area contributed by atoms with Gasteiger partial charge in [0.25, 0.3) is 0 Å². The summed E-state index contributed by atoms with van der Waals surface area (Å²) in [4.78, 5) is 16.7. The summed E-state index contributed by atoms with van der Waals surface area (Å²) in [5, 5.41) is 3.13. The van der Waals surface area contributed by atoms with Crippen molar-refractivity contribution >= 4 is 5.91 Å². The lowest BCUT2D eigenvalue weighted by Gasteiger charge is -2.26. The second kappa shape index (κ2) is 6.63. The van der Waals surface area contributed by atoms with Gasteiger partial charge in [0.1, 0.15) is 5.82 Å². The molecule has 0 bridgehead atoms. The van der Waals surface area contributed by atoms with Gasteiger partial charge in [0.05, 0.1) is 0 Å². The van der Waals surface area contributed by atoms with Crippen LogP contribution < -0.4 is 5.32 Å². The van der Waals surface area contributed by atoms with Gasteiger partial charge in [-0.1, -0.05) is 25.7 Å². The summed E-state index contributed by atoms with van der Waals surface area (Å²) in [5.41, 5.74) is 1.21. The Balaban J connectivity index is 1.50. The number of hydrogen-bond acceptors (Lipinski definition) is 2. The van der Waals surface area contributed by atoms with E-state index in [9.17, 15) is 4.79 Å². The Morgan fingerprint density at radius 2 is 2.00 bits per heavy atom. The number of carbonyl (C=O) groups is 1. The summed E-state index contributed by atoms with van der Waals surface area (Å²) in [6.07, 6.45) is 11.7. The summed E-state index contributed by atoms with van der Waals surface area (Å²) in [6.45, 7) is 3.69. The number of aryl methyl sites for hydroxylation is 1. The number of nitrogens with zero attached hydrogens (tertiary/aromatic N) is 2. The molecule has 0 atom stereocenters. The highest BCUT2D eigenvalue weighted by Gasteiger charge is 2.25. The van der Waals surface area contributed by atoms with Gasteiger partial charge < -0.3 is 9.88 Å². The molecule has 1 aromatic heterocycles. The molecule has 3 rings (SSSR count). The van der Waals surface area contributed by atoms with Crippen LogP contribution in [0.1, 0.15) is 68.8 Å². The molecule has 1 N–H and O–H groups in total. The molecule has 0 radical (unpaired) electrons. The van der Waals surface area contributed by atoms with E-state index in [4.69, 9.17) is 0 Å². The minimum Gasteiger partial charge on any atom is -0.354 e. The van der Waals surface area contributed by atoms with Gasteiger partial charge >= 0.3 is 0 Å². The van der Waals surface area contributed by atoms with Gasteiger partial charge in [-0.3, -0.25) is 4.79 Å². The molecule has 2 saturated carbocycles. The normalized spacial score (nSPS) is 20.2. The zero-order chi connectivity index (χ0) is 14.7. The van der Waals surface area contributed by atoms with E-state index in [1.54, 1.807) is 0 Å². The van der Waals surface area contributed by atoms with Crippen LogP contribution in [0.15, 0.2) is 6.20 Å². The molecular formula is C17H27N3O. The molecule has 1 aromatic rings. The fourth-order valence-corrected chi connectivity index (χ4v) is 3.56. The Kier molecular flexibility index (Phi) is 4.61. The van der Waals surface area contributed by atoms with E-state index in [-0.39, 0.29) is 11.8 Å². The van der Waals surface area contributed by atoms with Gasteiger partial charge in [-0.2, -0.15) is 0 Å². The van der Waals surface area contributed by atoms with Crippen LogP contribution in [0.4, 0.5) is 0 Å². The van der Waals surface area contributed by atoms with E-state index in [1.165, 1.54) is 50.0 Å². The second-order valence-electron chi connectivity index (χ2n) is 6.66. The quantitative estimate of drug-likeness (QED) is 0.905. The van der Waals surface area contributed by atoms with Crippen LogP contribution in [0.3, 0.4) is 0 Å². The molecule has 116 valence electrons. The van der Waals surface area contributed by atoms with Crippen LogP contribution in [-0.2, 0) is 11.3 Å². The third-order valence-corrected chi connectivity index (χ3v) is 5.17. The van der Waals surface area contributed by atoms with Crippen molar-refractivity contribution in [3.63, 3.8) is 0 Å². The van der Waals surface area contributed by atoms with E-state index in [2.05, 4.69) is 21.8 Å². The SMILES string of the molecule is Cc1cnc(C2CCC2)n1CCNC(=O)C1CCCCC1. The standard InChI is InChI=1S/C17H27N3O/c1-13-12-19-16(14-8-5-9-14)20(13)11-10-18-17(21)15-6-3-2-4-7-15/h12,14-15H,2-11H2,1H3,(H,18,21). The van der Waals surface area contributed by atoms with E-state index in [0.717, 1.165) is 25.9 Å². The van der Waals surface area contributed by atoms with Gasteiger partial charge in [-0.15, -0.1) is 0 Å². The monoisotopic (exact) mass is 289 g/mol. The van der Waals surface area contributed by atoms with E-state index in [0.29, 0.717) is 5.92 Å². The first-order valence-electron chi connectivity index (χ1n) is 8.55. The molecule has 4 heteroatoms. The highest BCUT2D eigenvalue weighted by molar-refractivity contribution is 5.78. The van der Waals surface area contributed by atoms with E-state index < -0.39 is 0 Å². The minimum absolute atomic E-state index is 0.258. The number of carbonyl (C=O) groups excluding carboxylic acids is 1. The molecular weight excluding hydrogens is 262 g/mol. The van der Waals surface area contributed by atoms with E-state index >= 15 is 0 Å². The molecule has 1 amide bonds. The Bertz CT molecular complexity index is 484. The summed E-state index contributed by atoms with van der Waals surface area (Å²) < 4.78 is 2.30. The number of amides is 1. The summed E-state index contributed by atoms with van der Waals surface area (Å²) in [6, 6.07) is 0. The maximum atomic E-state index is 12.2. The summed E-state index contributed by atoms with van der Waals surface area (Å²) in [5.74, 6) is 2.39. The zero-order valence-electron chi connectivity index (χ0n) is 13.1. The molecule has 21 heavy (non-hydrogen) atoms. The van der Waals surface area contributed by atoms with Gasteiger partial charge in [0.15, 0.2) is 0 Å². The number of hydrogen-bond donors (Lipinski definition) is 1. The largest absolute Gasteiger partial charge is 0.354 e. The van der Waals surface area contributed by atoms with Crippen molar-refractivity contribution in [1.82, 2.24) is 14.9 Å². The van der Waals surface area contributed by atoms with Crippen LogP contribution in [0.5, 0.6) is 0 Å². The van der Waals surface area contributed by atoms with Crippen LogP contribution >= 0.6 is 0 Å². The fourth-order valence-electron chi connectivity index (χ4n) is 3.56. The third kappa shape index (κ3) is 3.30. The lowest BCUT2D eigenvalue weighted by molar-refractivity contribution is -0.125. The van der Waals surface area contributed by atoms with Gasteiger partial charge in [0, 0.05) is 36.8 Å². The van der Waals surface area contributed by atoms with Crippen molar-refractivity contribution in [2.75, 3.05) is 6.54 Å². The van der Waals surface area contributed by atoms with Crippen LogP contribution in [0, 0.1) is 12.8 Å². The zero-order valence-corrected chi connectivity index (χ0v) is 13.1. The number of imidazole rings is 1. The maximum absolute atomic E-state index is 12.2. The molecule has 4 nitrogen and oxygen atoms in total. The highest BCUT2D eigenvalue weighted by atomic mass is 16.1. The molecule has 0 aromatic carbocycles. The Hall–Kier alpha value is -1.32. The topological polar surface area (TPSA) is 46.9 Å². The van der Waals surface area contributed by atoms with Crippen LogP contribution in [-0.4, -0.2) is 22.0 Å². The second-order valence-corrected chi connectivity index (χ2v) is 6.66. The van der Waals surface area contributed by atoms with Crippen molar-refractivity contribution in [3.8, 4) is 0 Å². The smallest absolute Gasteiger partial charge is 0.223 e. The predicted molar refractivity (Wildman–Crippen MR) is 83.1 cm³/mol. The lowest BCUT2D eigenvalue weighted by atomic mass is 9.85. The predicted octanol–water partition coefficient (Wildman–Crippen LogP) is 3.16. The summed E-state index contributed by atoms with van der Waals surface area (Å²) in [7, 11) is 0. The van der Waals surface area contributed by atoms with Crippen molar-refractivity contribution in [3.05, 3.63) is 17.7 Å². The first-order valence-corrected chi connectivity index (χ1v) is 8.55. The van der Waals surface area contributed by atoms with Gasteiger partial charge in [-0.05, 0) is 32.6 Å². The van der Waals surface area contributed by atoms with Crippen molar-refractivity contribution in [1.29, 1.82) is 0 Å².